The van der Waals surface area contributed by atoms with Crippen LogP contribution in [0, 0.1) is 5.92 Å². The highest BCUT2D eigenvalue weighted by Gasteiger charge is 2.42. The van der Waals surface area contributed by atoms with Gasteiger partial charge in [0.1, 0.15) is 0 Å². The van der Waals surface area contributed by atoms with Crippen molar-refractivity contribution in [3.05, 3.63) is 83.0 Å². The molecule has 1 amide bonds. The summed E-state index contributed by atoms with van der Waals surface area (Å²) in [6.07, 6.45) is 8.97. The Hall–Kier alpha value is -5.50. The van der Waals surface area contributed by atoms with Crippen LogP contribution in [-0.2, 0) is 35.4 Å². The lowest BCUT2D eigenvalue weighted by Gasteiger charge is -2.40. The number of methoxy groups -OCH3 is 1. The van der Waals surface area contributed by atoms with Crippen molar-refractivity contribution in [1.29, 1.82) is 0 Å². The van der Waals surface area contributed by atoms with Gasteiger partial charge in [-0.15, -0.1) is 5.10 Å². The van der Waals surface area contributed by atoms with Crippen LogP contribution in [0.3, 0.4) is 0 Å². The summed E-state index contributed by atoms with van der Waals surface area (Å²) in [5.74, 6) is 0.176. The number of ether oxygens (including phenoxy) is 1. The normalized spacial score (nSPS) is 21.2. The molecule has 0 saturated heterocycles. The lowest BCUT2D eigenvalue weighted by Crippen LogP contribution is -2.52. The van der Waals surface area contributed by atoms with Crippen LogP contribution in [0.1, 0.15) is 60.7 Å². The van der Waals surface area contributed by atoms with Crippen molar-refractivity contribution in [3.8, 4) is 28.3 Å². The van der Waals surface area contributed by atoms with Crippen molar-refractivity contribution >= 4 is 44.2 Å². The molecule has 2 aliphatic carbocycles. The fourth-order valence-electron chi connectivity index (χ4n) is 8.17. The molecule has 272 valence electrons. The minimum absolute atomic E-state index is 0.000770. The Labute approximate surface area is 310 Å². The van der Waals surface area contributed by atoms with Gasteiger partial charge in [0.25, 0.3) is 10.0 Å². The number of nitrogens with one attached hydrogen (secondary N) is 1. The van der Waals surface area contributed by atoms with Crippen LogP contribution in [0.4, 0.5) is 0 Å². The van der Waals surface area contributed by atoms with Gasteiger partial charge in [-0.05, 0) is 61.8 Å². The number of aromatic nitrogens is 6. The highest BCUT2D eigenvalue weighted by atomic mass is 32.2. The molecule has 4 aromatic heterocycles. The predicted octanol–water partition coefficient (Wildman–Crippen LogP) is 5.36. The third kappa shape index (κ3) is 5.33. The van der Waals surface area contributed by atoms with Crippen LogP contribution in [0.2, 0.25) is 0 Å². The Bertz CT molecular complexity index is 2740. The molecule has 2 aromatic carbocycles. The van der Waals surface area contributed by atoms with Crippen LogP contribution in [0.25, 0.3) is 44.5 Å². The van der Waals surface area contributed by atoms with Crippen molar-refractivity contribution in [2.24, 2.45) is 24.9 Å². The molecule has 0 radical (unpaired) electrons. The quantitative estimate of drug-likeness (QED) is 0.242. The smallest absolute Gasteiger partial charge is 0.329 e. The summed E-state index contributed by atoms with van der Waals surface area (Å²) in [4.78, 5) is 37.4. The van der Waals surface area contributed by atoms with E-state index >= 15 is 8.42 Å². The van der Waals surface area contributed by atoms with Gasteiger partial charge < -0.3 is 10.1 Å². The second kappa shape index (κ2) is 12.3. The van der Waals surface area contributed by atoms with Gasteiger partial charge >= 0.3 is 5.69 Å². The summed E-state index contributed by atoms with van der Waals surface area (Å²) < 4.78 is 66.4. The average molecular weight is 736 g/mol. The number of aryl methyl sites for hydroxylation is 2. The maximum absolute atomic E-state index is 15.0. The molecule has 4 aliphatic heterocycles. The van der Waals surface area contributed by atoms with Crippen molar-refractivity contribution in [1.82, 2.24) is 33.2 Å². The maximum Gasteiger partial charge on any atom is 0.329 e. The van der Waals surface area contributed by atoms with Crippen molar-refractivity contribution in [2.45, 2.75) is 68.0 Å². The number of nitrogens with zero attached hydrogens (tertiary/aromatic N) is 7. The van der Waals surface area contributed by atoms with Gasteiger partial charge in [-0.25, -0.2) is 22.2 Å². The third-order valence-electron chi connectivity index (χ3n) is 11.0. The molecule has 4 bridgehead atoms. The molecule has 53 heavy (non-hydrogen) atoms. The molecule has 1 N–H and O–H groups in total. The largest absolute Gasteiger partial charge is 0.479 e. The van der Waals surface area contributed by atoms with Gasteiger partial charge in [-0.2, -0.15) is 0 Å². The number of imidazole rings is 1. The van der Waals surface area contributed by atoms with Crippen LogP contribution >= 0.6 is 0 Å². The number of aliphatic imine (C=N–C) groups is 1. The minimum Gasteiger partial charge on any atom is -0.479 e. The van der Waals surface area contributed by atoms with E-state index in [4.69, 9.17) is 18.8 Å². The molecular weight excluding hydrogens is 693 g/mol. The number of carbonyl (C=O) groups excluding carboxylic acids is 1. The van der Waals surface area contributed by atoms with Gasteiger partial charge in [0.05, 0.1) is 52.4 Å². The number of hydrogen-bond donors (Lipinski definition) is 1. The van der Waals surface area contributed by atoms with Gasteiger partial charge in [0.2, 0.25) is 11.8 Å². The fraction of sp³-hybridized carbons (Fsp3) is 0.359. The first-order chi connectivity index (χ1) is 26.8. The van der Waals surface area contributed by atoms with Gasteiger partial charge in [-0.1, -0.05) is 42.5 Å². The molecule has 0 unspecified atom stereocenters. The first-order valence-electron chi connectivity index (χ1n) is 19.3. The van der Waals surface area contributed by atoms with Crippen molar-refractivity contribution in [3.63, 3.8) is 0 Å². The Morgan fingerprint density at radius 3 is 2.51 bits per heavy atom. The molecule has 8 heterocycles. The second-order valence-corrected chi connectivity index (χ2v) is 16.2. The molecule has 0 spiro atoms. The summed E-state index contributed by atoms with van der Waals surface area (Å²) in [7, 11) is -1.28. The zero-order valence-corrected chi connectivity index (χ0v) is 30.1. The van der Waals surface area contributed by atoms with Crippen molar-refractivity contribution in [2.75, 3.05) is 7.11 Å². The standard InChI is InChI=1S/C39H40N8O5S/c1-44-23-29(37(43-44)52-3)33-31-25-11-9-24(10-12-25)21-40-20-19-39(42-36(48)26-13-14-26)17-15-27(16-18-39)46-34-30(45(2)38(46)49)22-41-35(32(31)34)47(33)53(50,51)28-7-5-4-6-8-28/h4-12,20,22-23,26-27H,13-19,21H2,1-3H3,(H,42,48)/i2D3. The van der Waals surface area contributed by atoms with E-state index in [2.05, 4.69) is 10.4 Å². The van der Waals surface area contributed by atoms with Gasteiger partial charge in [0.15, 0.2) is 5.65 Å². The van der Waals surface area contributed by atoms with E-state index in [-0.39, 0.29) is 45.0 Å². The fourth-order valence-corrected chi connectivity index (χ4v) is 9.68. The van der Waals surface area contributed by atoms with Crippen LogP contribution in [0.15, 0.2) is 81.7 Å². The van der Waals surface area contributed by atoms with E-state index in [0.29, 0.717) is 60.7 Å². The van der Waals surface area contributed by atoms with Crippen LogP contribution in [0.5, 0.6) is 5.88 Å². The third-order valence-corrected chi connectivity index (χ3v) is 12.7. The Balaban J connectivity index is 1.43. The number of benzene rings is 2. The molecule has 12 rings (SSSR count). The molecule has 13 nitrogen and oxygen atoms in total. The zero-order chi connectivity index (χ0) is 39.1. The molecular formula is C39H40N8O5S. The SMILES string of the molecule is [2H]C([2H])([2H])n1c(=O)n2c3c4c(c(-c5cn(C)nc5OC)n(S(=O)(=O)c5ccccc5)c4ncc31)-c1ccc(cc1)CN=CCC1(NC(=O)C3CC3)CCC2CC1. The molecule has 6 aliphatic rings. The lowest BCUT2D eigenvalue weighted by molar-refractivity contribution is -0.124. The minimum atomic E-state index is -4.43. The Kier molecular flexibility index (Phi) is 6.96. The Morgan fingerprint density at radius 1 is 1.06 bits per heavy atom. The molecule has 2 saturated carbocycles. The number of rotatable bonds is 6. The van der Waals surface area contributed by atoms with E-state index in [0.717, 1.165) is 23.0 Å². The predicted molar refractivity (Wildman–Crippen MR) is 202 cm³/mol. The summed E-state index contributed by atoms with van der Waals surface area (Å²) in [5.41, 5.74) is 1.40. The maximum atomic E-state index is 15.0. The van der Waals surface area contributed by atoms with Gasteiger partial charge in [-0.3, -0.25) is 23.6 Å². The van der Waals surface area contributed by atoms with E-state index in [1.807, 2.05) is 30.5 Å². The molecule has 6 aromatic rings. The monoisotopic (exact) mass is 735 g/mol. The average Bonchev–Trinajstić information content (AvgIpc) is 3.78. The number of carbonyl (C=O) groups is 1. The van der Waals surface area contributed by atoms with E-state index < -0.39 is 34.3 Å². The summed E-state index contributed by atoms with van der Waals surface area (Å²) in [5, 5.41) is 8.13. The topological polar surface area (TPSA) is 147 Å². The molecule has 0 atom stereocenters. The van der Waals surface area contributed by atoms with Crippen LogP contribution in [-0.4, -0.2) is 61.1 Å². The van der Waals surface area contributed by atoms with Crippen LogP contribution < -0.4 is 15.7 Å². The first kappa shape index (κ1) is 30.0. The van der Waals surface area contributed by atoms with Crippen molar-refractivity contribution < 1.29 is 22.1 Å². The number of hydrogen-bond acceptors (Lipinski definition) is 8. The van der Waals surface area contributed by atoms with Gasteiger partial charge in [0, 0.05) is 60.0 Å². The second-order valence-electron chi connectivity index (χ2n) is 14.4. The molecule has 2 fully saturated rings. The van der Waals surface area contributed by atoms with E-state index in [1.54, 1.807) is 31.4 Å². The number of amides is 1. The summed E-state index contributed by atoms with van der Waals surface area (Å²) in [6, 6.07) is 15.0. The number of pyridine rings is 1. The molecule has 14 heteroatoms. The summed E-state index contributed by atoms with van der Waals surface area (Å²) >= 11 is 0. The Morgan fingerprint density at radius 2 is 1.81 bits per heavy atom. The highest BCUT2D eigenvalue weighted by molar-refractivity contribution is 7.90. The highest BCUT2D eigenvalue weighted by Crippen LogP contribution is 2.48. The summed E-state index contributed by atoms with van der Waals surface area (Å²) in [6.45, 7) is -2.51. The first-order valence-corrected chi connectivity index (χ1v) is 19.2. The zero-order valence-electron chi connectivity index (χ0n) is 32.3. The van der Waals surface area contributed by atoms with E-state index in [1.165, 1.54) is 38.7 Å². The lowest BCUT2D eigenvalue weighted by atomic mass is 9.77. The van der Waals surface area contributed by atoms with E-state index in [9.17, 15) is 9.59 Å².